The van der Waals surface area contributed by atoms with E-state index in [0.29, 0.717) is 12.5 Å². The Bertz CT molecular complexity index is 403. The molecule has 1 unspecified atom stereocenters. The third-order valence-corrected chi connectivity index (χ3v) is 2.58. The van der Waals surface area contributed by atoms with Crippen LogP contribution in [-0.2, 0) is 5.92 Å². The number of nitrogens with zero attached hydrogens (tertiary/aromatic N) is 1. The number of benzene rings is 1. The molecular formula is C12H15F2N3. The van der Waals surface area contributed by atoms with Crippen LogP contribution < -0.4 is 10.6 Å². The van der Waals surface area contributed by atoms with Gasteiger partial charge in [0, 0.05) is 11.6 Å². The van der Waals surface area contributed by atoms with Crippen molar-refractivity contribution in [3.05, 3.63) is 35.9 Å². The van der Waals surface area contributed by atoms with Crippen molar-refractivity contribution in [1.29, 1.82) is 0 Å². The van der Waals surface area contributed by atoms with E-state index in [4.69, 9.17) is 0 Å². The van der Waals surface area contributed by atoms with E-state index in [-0.39, 0.29) is 11.6 Å². The molecule has 1 aromatic rings. The molecule has 0 saturated heterocycles. The van der Waals surface area contributed by atoms with Crippen molar-refractivity contribution < 1.29 is 8.78 Å². The van der Waals surface area contributed by atoms with Crippen LogP contribution in [-0.4, -0.2) is 25.1 Å². The quantitative estimate of drug-likeness (QED) is 0.842. The molecule has 0 radical (unpaired) electrons. The average molecular weight is 239 g/mol. The molecule has 0 aliphatic carbocycles. The van der Waals surface area contributed by atoms with E-state index in [2.05, 4.69) is 15.6 Å². The summed E-state index contributed by atoms with van der Waals surface area (Å²) in [5.41, 5.74) is 0.0131. The van der Waals surface area contributed by atoms with Crippen LogP contribution in [0.2, 0.25) is 0 Å². The number of guanidine groups is 1. The Balaban J connectivity index is 1.94. The fourth-order valence-corrected chi connectivity index (χ4v) is 1.64. The number of aliphatic imine (C=N–C) groups is 1. The van der Waals surface area contributed by atoms with Gasteiger partial charge in [-0.25, -0.2) is 0 Å². The Hall–Kier alpha value is -1.65. The van der Waals surface area contributed by atoms with E-state index in [0.717, 1.165) is 0 Å². The second-order valence-electron chi connectivity index (χ2n) is 4.16. The van der Waals surface area contributed by atoms with E-state index in [1.807, 2.05) is 6.92 Å². The van der Waals surface area contributed by atoms with E-state index >= 15 is 0 Å². The minimum absolute atomic E-state index is 0.0131. The van der Waals surface area contributed by atoms with E-state index in [9.17, 15) is 8.78 Å². The summed E-state index contributed by atoms with van der Waals surface area (Å²) >= 11 is 0. The lowest BCUT2D eigenvalue weighted by molar-refractivity contribution is 0.00113. The molecule has 92 valence electrons. The Labute approximate surface area is 98.9 Å². The summed E-state index contributed by atoms with van der Waals surface area (Å²) < 4.78 is 27.5. The molecule has 17 heavy (non-hydrogen) atoms. The summed E-state index contributed by atoms with van der Waals surface area (Å²) in [5.74, 6) is -2.44. The maximum absolute atomic E-state index is 13.8. The van der Waals surface area contributed by atoms with Gasteiger partial charge < -0.3 is 10.6 Å². The van der Waals surface area contributed by atoms with Crippen molar-refractivity contribution in [1.82, 2.24) is 10.6 Å². The molecule has 1 aromatic carbocycles. The van der Waals surface area contributed by atoms with Gasteiger partial charge in [0.2, 0.25) is 0 Å². The number of hydrogen-bond donors (Lipinski definition) is 2. The summed E-state index contributed by atoms with van der Waals surface area (Å²) in [6.45, 7) is 2.13. The van der Waals surface area contributed by atoms with Crippen LogP contribution in [0.5, 0.6) is 0 Å². The van der Waals surface area contributed by atoms with Gasteiger partial charge in [0.05, 0.1) is 13.1 Å². The number of alkyl halides is 2. The first-order chi connectivity index (χ1) is 8.08. The number of rotatable bonds is 3. The molecule has 5 heteroatoms. The Morgan fingerprint density at radius 3 is 2.71 bits per heavy atom. The lowest BCUT2D eigenvalue weighted by Gasteiger charge is -2.18. The lowest BCUT2D eigenvalue weighted by Crippen LogP contribution is -2.42. The van der Waals surface area contributed by atoms with Crippen LogP contribution in [0.3, 0.4) is 0 Å². The van der Waals surface area contributed by atoms with Crippen molar-refractivity contribution in [2.24, 2.45) is 4.99 Å². The molecule has 1 aliphatic rings. The standard InChI is InChI=1S/C12H15F2N3/c1-9-7-15-11(17-9)16-8-12(13,14)10-5-3-2-4-6-10/h2-6,9H,7-8H2,1H3,(H2,15,16,17). The minimum atomic E-state index is -2.89. The van der Waals surface area contributed by atoms with Gasteiger partial charge in [0.1, 0.15) is 0 Å². The highest BCUT2D eigenvalue weighted by molar-refractivity contribution is 5.81. The van der Waals surface area contributed by atoms with Crippen LogP contribution in [0.15, 0.2) is 35.3 Å². The summed E-state index contributed by atoms with van der Waals surface area (Å²) in [6, 6.07) is 8.00. The molecule has 0 spiro atoms. The smallest absolute Gasteiger partial charge is 0.290 e. The normalized spacial score (nSPS) is 19.7. The molecular weight excluding hydrogens is 224 g/mol. The van der Waals surface area contributed by atoms with Crippen molar-refractivity contribution in [2.75, 3.05) is 13.1 Å². The molecule has 1 atom stereocenters. The Morgan fingerprint density at radius 2 is 2.12 bits per heavy atom. The van der Waals surface area contributed by atoms with Crippen molar-refractivity contribution >= 4 is 5.96 Å². The van der Waals surface area contributed by atoms with Gasteiger partial charge in [-0.15, -0.1) is 0 Å². The molecule has 2 N–H and O–H groups in total. The molecule has 1 heterocycles. The zero-order valence-corrected chi connectivity index (χ0v) is 9.58. The predicted molar refractivity (Wildman–Crippen MR) is 63.2 cm³/mol. The van der Waals surface area contributed by atoms with Crippen LogP contribution in [0.4, 0.5) is 8.78 Å². The zero-order valence-electron chi connectivity index (χ0n) is 9.58. The lowest BCUT2D eigenvalue weighted by atomic mass is 10.1. The maximum Gasteiger partial charge on any atom is 0.290 e. The van der Waals surface area contributed by atoms with Gasteiger partial charge in [-0.05, 0) is 6.92 Å². The third kappa shape index (κ3) is 2.93. The van der Waals surface area contributed by atoms with Crippen LogP contribution in [0, 0.1) is 0 Å². The highest BCUT2D eigenvalue weighted by Crippen LogP contribution is 2.26. The summed E-state index contributed by atoms with van der Waals surface area (Å²) in [7, 11) is 0. The predicted octanol–water partition coefficient (Wildman–Crippen LogP) is 1.72. The average Bonchev–Trinajstić information content (AvgIpc) is 2.74. The van der Waals surface area contributed by atoms with Gasteiger partial charge in [-0.1, -0.05) is 30.3 Å². The Kier molecular flexibility index (Phi) is 3.26. The van der Waals surface area contributed by atoms with Gasteiger partial charge in [-0.2, -0.15) is 8.78 Å². The molecule has 0 amide bonds. The van der Waals surface area contributed by atoms with Crippen molar-refractivity contribution in [3.8, 4) is 0 Å². The second-order valence-corrected chi connectivity index (χ2v) is 4.16. The molecule has 3 nitrogen and oxygen atoms in total. The summed E-state index contributed by atoms with van der Waals surface area (Å²) in [4.78, 5) is 4.07. The van der Waals surface area contributed by atoms with Gasteiger partial charge in [0.15, 0.2) is 5.96 Å². The summed E-state index contributed by atoms with van der Waals surface area (Å²) in [6.07, 6.45) is 0. The van der Waals surface area contributed by atoms with Crippen LogP contribution in [0.25, 0.3) is 0 Å². The highest BCUT2D eigenvalue weighted by Gasteiger charge is 2.31. The van der Waals surface area contributed by atoms with Gasteiger partial charge in [-0.3, -0.25) is 4.99 Å². The molecule has 0 aromatic heterocycles. The number of halogens is 2. The van der Waals surface area contributed by atoms with Gasteiger partial charge in [0.25, 0.3) is 5.92 Å². The zero-order chi connectivity index (χ0) is 12.3. The highest BCUT2D eigenvalue weighted by atomic mass is 19.3. The molecule has 0 saturated carbocycles. The van der Waals surface area contributed by atoms with E-state index in [1.54, 1.807) is 18.2 Å². The monoisotopic (exact) mass is 239 g/mol. The first-order valence-corrected chi connectivity index (χ1v) is 5.56. The fourth-order valence-electron chi connectivity index (χ4n) is 1.64. The van der Waals surface area contributed by atoms with E-state index < -0.39 is 12.5 Å². The SMILES string of the molecule is CC1CN=C(NCC(F)(F)c2ccccc2)N1. The molecule has 1 aliphatic heterocycles. The van der Waals surface area contributed by atoms with E-state index in [1.165, 1.54) is 12.1 Å². The van der Waals surface area contributed by atoms with Crippen LogP contribution >= 0.6 is 0 Å². The largest absolute Gasteiger partial charge is 0.352 e. The molecule has 0 bridgehead atoms. The first kappa shape index (κ1) is 11.8. The van der Waals surface area contributed by atoms with Crippen molar-refractivity contribution in [3.63, 3.8) is 0 Å². The number of hydrogen-bond acceptors (Lipinski definition) is 3. The van der Waals surface area contributed by atoms with Gasteiger partial charge >= 0.3 is 0 Å². The second kappa shape index (κ2) is 4.69. The van der Waals surface area contributed by atoms with Crippen LogP contribution in [0.1, 0.15) is 12.5 Å². The minimum Gasteiger partial charge on any atom is -0.352 e. The number of nitrogens with one attached hydrogen (secondary N) is 2. The first-order valence-electron chi connectivity index (χ1n) is 5.56. The Morgan fingerprint density at radius 1 is 1.41 bits per heavy atom. The maximum atomic E-state index is 13.8. The third-order valence-electron chi connectivity index (χ3n) is 2.58. The summed E-state index contributed by atoms with van der Waals surface area (Å²) in [5, 5.41) is 5.62. The van der Waals surface area contributed by atoms with Crippen molar-refractivity contribution in [2.45, 2.75) is 18.9 Å². The fraction of sp³-hybridized carbons (Fsp3) is 0.417. The molecule has 2 rings (SSSR count). The topological polar surface area (TPSA) is 36.4 Å². The molecule has 0 fully saturated rings.